The number of nitrogens with one attached hydrogen (secondary N) is 2. The van der Waals surface area contributed by atoms with Gasteiger partial charge in [0.25, 0.3) is 0 Å². The SMILES string of the molecule is Cc1ccccc1OCC#CCNC(=O)Nc1ccc(C(F)(F)F)cc1. The van der Waals surface area contributed by atoms with Crippen LogP contribution in [0, 0.1) is 18.8 Å². The predicted octanol–water partition coefficient (Wildman–Crippen LogP) is 4.22. The standard InChI is InChI=1S/C19H17F3N2O2/c1-14-6-2-3-7-17(14)26-13-5-4-12-23-18(25)24-16-10-8-15(9-11-16)19(20,21)22/h2-3,6-11H,12-13H2,1H3,(H2,23,24,25). The van der Waals surface area contributed by atoms with Crippen molar-refractivity contribution in [3.63, 3.8) is 0 Å². The fourth-order valence-corrected chi connectivity index (χ4v) is 1.99. The Hall–Kier alpha value is -3.14. The first-order valence-corrected chi connectivity index (χ1v) is 7.72. The topological polar surface area (TPSA) is 50.4 Å². The number of amides is 2. The second kappa shape index (κ2) is 8.81. The number of para-hydroxylation sites is 1. The molecule has 2 aromatic carbocycles. The summed E-state index contributed by atoms with van der Waals surface area (Å²) in [5.41, 5.74) is 0.484. The van der Waals surface area contributed by atoms with E-state index >= 15 is 0 Å². The molecular weight excluding hydrogens is 345 g/mol. The summed E-state index contributed by atoms with van der Waals surface area (Å²) in [6, 6.07) is 11.2. The highest BCUT2D eigenvalue weighted by molar-refractivity contribution is 5.89. The van der Waals surface area contributed by atoms with Gasteiger partial charge in [-0.2, -0.15) is 13.2 Å². The Bertz CT molecular complexity index is 806. The van der Waals surface area contributed by atoms with Gasteiger partial charge in [-0.25, -0.2) is 4.79 Å². The first kappa shape index (κ1) is 19.2. The van der Waals surface area contributed by atoms with Gasteiger partial charge in [0.05, 0.1) is 12.1 Å². The van der Waals surface area contributed by atoms with E-state index in [2.05, 4.69) is 22.5 Å². The largest absolute Gasteiger partial charge is 0.481 e. The summed E-state index contributed by atoms with van der Waals surface area (Å²) >= 11 is 0. The van der Waals surface area contributed by atoms with Gasteiger partial charge in [0.1, 0.15) is 12.4 Å². The van der Waals surface area contributed by atoms with E-state index in [4.69, 9.17) is 4.74 Å². The number of rotatable bonds is 4. The Morgan fingerprint density at radius 1 is 1.08 bits per heavy atom. The molecule has 0 saturated carbocycles. The van der Waals surface area contributed by atoms with Gasteiger partial charge in [0.15, 0.2) is 0 Å². The molecule has 2 aromatic rings. The van der Waals surface area contributed by atoms with Crippen LogP contribution in [-0.2, 0) is 6.18 Å². The summed E-state index contributed by atoms with van der Waals surface area (Å²) in [6.07, 6.45) is -4.41. The molecule has 0 heterocycles. The fraction of sp³-hybridized carbons (Fsp3) is 0.211. The third-order valence-electron chi connectivity index (χ3n) is 3.33. The van der Waals surface area contributed by atoms with Crippen LogP contribution in [0.5, 0.6) is 5.75 Å². The number of hydrogen-bond donors (Lipinski definition) is 2. The highest BCUT2D eigenvalue weighted by Gasteiger charge is 2.29. The van der Waals surface area contributed by atoms with E-state index in [-0.39, 0.29) is 18.8 Å². The zero-order valence-electron chi connectivity index (χ0n) is 14.0. The van der Waals surface area contributed by atoms with Crippen LogP contribution in [0.4, 0.5) is 23.7 Å². The van der Waals surface area contributed by atoms with Gasteiger partial charge in [-0.1, -0.05) is 30.0 Å². The van der Waals surface area contributed by atoms with Crippen molar-refractivity contribution in [1.82, 2.24) is 5.32 Å². The second-order valence-corrected chi connectivity index (χ2v) is 5.29. The highest BCUT2D eigenvalue weighted by Crippen LogP contribution is 2.29. The van der Waals surface area contributed by atoms with Crippen LogP contribution in [0.2, 0.25) is 0 Å². The monoisotopic (exact) mass is 362 g/mol. The molecule has 0 aromatic heterocycles. The first-order valence-electron chi connectivity index (χ1n) is 7.72. The van der Waals surface area contributed by atoms with Crippen molar-refractivity contribution in [2.45, 2.75) is 13.1 Å². The van der Waals surface area contributed by atoms with Crippen LogP contribution in [0.15, 0.2) is 48.5 Å². The molecule has 0 aliphatic rings. The minimum atomic E-state index is -4.41. The molecule has 0 unspecified atom stereocenters. The molecule has 4 nitrogen and oxygen atoms in total. The number of aryl methyl sites for hydroxylation is 1. The summed E-state index contributed by atoms with van der Waals surface area (Å²) in [7, 11) is 0. The third-order valence-corrected chi connectivity index (χ3v) is 3.33. The summed E-state index contributed by atoms with van der Waals surface area (Å²) in [6.45, 7) is 2.20. The molecule has 0 radical (unpaired) electrons. The molecule has 0 saturated heterocycles. The van der Waals surface area contributed by atoms with Crippen molar-refractivity contribution in [3.8, 4) is 17.6 Å². The number of carbonyl (C=O) groups is 1. The van der Waals surface area contributed by atoms with Crippen LogP contribution < -0.4 is 15.4 Å². The van der Waals surface area contributed by atoms with Gasteiger partial charge in [-0.05, 0) is 42.8 Å². The van der Waals surface area contributed by atoms with Crippen molar-refractivity contribution >= 4 is 11.7 Å². The lowest BCUT2D eigenvalue weighted by molar-refractivity contribution is -0.137. The lowest BCUT2D eigenvalue weighted by Gasteiger charge is -2.08. The molecule has 0 aliphatic carbocycles. The van der Waals surface area contributed by atoms with Crippen molar-refractivity contribution in [2.24, 2.45) is 0 Å². The normalized spacial score (nSPS) is 10.5. The number of benzene rings is 2. The lowest BCUT2D eigenvalue weighted by Crippen LogP contribution is -2.29. The van der Waals surface area contributed by atoms with Gasteiger partial charge < -0.3 is 15.4 Å². The zero-order chi connectivity index (χ0) is 19.0. The van der Waals surface area contributed by atoms with Gasteiger partial charge in [-0.15, -0.1) is 0 Å². The summed E-state index contributed by atoms with van der Waals surface area (Å²) < 4.78 is 42.9. The number of hydrogen-bond acceptors (Lipinski definition) is 2. The fourth-order valence-electron chi connectivity index (χ4n) is 1.99. The summed E-state index contributed by atoms with van der Waals surface area (Å²) in [5, 5.41) is 4.91. The van der Waals surface area contributed by atoms with Crippen molar-refractivity contribution < 1.29 is 22.7 Å². The molecule has 26 heavy (non-hydrogen) atoms. The quantitative estimate of drug-likeness (QED) is 0.801. The van der Waals surface area contributed by atoms with Gasteiger partial charge in [0.2, 0.25) is 0 Å². The molecule has 2 N–H and O–H groups in total. The summed E-state index contributed by atoms with van der Waals surface area (Å²) in [4.78, 5) is 11.6. The minimum absolute atomic E-state index is 0.0869. The van der Waals surface area contributed by atoms with Crippen LogP contribution in [-0.4, -0.2) is 19.2 Å². The van der Waals surface area contributed by atoms with Gasteiger partial charge in [0, 0.05) is 5.69 Å². The van der Waals surface area contributed by atoms with E-state index in [1.165, 1.54) is 12.1 Å². The van der Waals surface area contributed by atoms with E-state index in [1.807, 2.05) is 31.2 Å². The van der Waals surface area contributed by atoms with Crippen LogP contribution >= 0.6 is 0 Å². The molecule has 2 amide bonds. The number of alkyl halides is 3. The minimum Gasteiger partial charge on any atom is -0.481 e. The maximum absolute atomic E-state index is 12.5. The van der Waals surface area contributed by atoms with Crippen molar-refractivity contribution in [3.05, 3.63) is 59.7 Å². The number of anilines is 1. The maximum Gasteiger partial charge on any atom is 0.416 e. The molecule has 0 atom stereocenters. The molecule has 0 aliphatic heterocycles. The molecule has 7 heteroatoms. The molecule has 136 valence electrons. The van der Waals surface area contributed by atoms with Crippen LogP contribution in [0.25, 0.3) is 0 Å². The van der Waals surface area contributed by atoms with Crippen LogP contribution in [0.1, 0.15) is 11.1 Å². The Morgan fingerprint density at radius 3 is 2.42 bits per heavy atom. The second-order valence-electron chi connectivity index (χ2n) is 5.29. The first-order chi connectivity index (χ1) is 12.4. The average Bonchev–Trinajstić information content (AvgIpc) is 2.59. The Balaban J connectivity index is 1.72. The zero-order valence-corrected chi connectivity index (χ0v) is 14.0. The number of urea groups is 1. The molecule has 0 bridgehead atoms. The number of carbonyl (C=O) groups excluding carboxylic acids is 1. The number of ether oxygens (including phenoxy) is 1. The Labute approximate surface area is 149 Å². The van der Waals surface area contributed by atoms with Crippen molar-refractivity contribution in [1.29, 1.82) is 0 Å². The average molecular weight is 362 g/mol. The van der Waals surface area contributed by atoms with E-state index < -0.39 is 17.8 Å². The van der Waals surface area contributed by atoms with E-state index in [9.17, 15) is 18.0 Å². The van der Waals surface area contributed by atoms with E-state index in [0.29, 0.717) is 0 Å². The predicted molar refractivity (Wildman–Crippen MR) is 92.9 cm³/mol. The Morgan fingerprint density at radius 2 is 1.77 bits per heavy atom. The van der Waals surface area contributed by atoms with E-state index in [1.54, 1.807) is 0 Å². The molecule has 0 spiro atoms. The number of halogens is 3. The van der Waals surface area contributed by atoms with E-state index in [0.717, 1.165) is 23.4 Å². The molecule has 0 fully saturated rings. The van der Waals surface area contributed by atoms with Gasteiger partial charge >= 0.3 is 12.2 Å². The van der Waals surface area contributed by atoms with Gasteiger partial charge in [-0.3, -0.25) is 0 Å². The Kier molecular flexibility index (Phi) is 6.50. The lowest BCUT2D eigenvalue weighted by atomic mass is 10.2. The molecule has 2 rings (SSSR count). The van der Waals surface area contributed by atoms with Crippen molar-refractivity contribution in [2.75, 3.05) is 18.5 Å². The smallest absolute Gasteiger partial charge is 0.416 e. The molecular formula is C19H17F3N2O2. The van der Waals surface area contributed by atoms with Crippen LogP contribution in [0.3, 0.4) is 0 Å². The highest BCUT2D eigenvalue weighted by atomic mass is 19.4. The third kappa shape index (κ3) is 6.06. The maximum atomic E-state index is 12.5. The summed E-state index contributed by atoms with van der Waals surface area (Å²) in [5.74, 6) is 6.23.